The van der Waals surface area contributed by atoms with Crippen LogP contribution in [0.25, 0.3) is 5.65 Å². The second-order valence-electron chi connectivity index (χ2n) is 2.74. The Morgan fingerprint density at radius 1 is 1.54 bits per heavy atom. The summed E-state index contributed by atoms with van der Waals surface area (Å²) in [5, 5.41) is 7.91. The molecule has 0 aromatic carbocycles. The van der Waals surface area contributed by atoms with Crippen molar-refractivity contribution in [2.24, 2.45) is 0 Å². The summed E-state index contributed by atoms with van der Waals surface area (Å²) in [5.41, 5.74) is 7.02. The van der Waals surface area contributed by atoms with Gasteiger partial charge in [0.05, 0.1) is 0 Å². The van der Waals surface area contributed by atoms with E-state index in [0.717, 1.165) is 11.5 Å². The maximum atomic E-state index is 5.59. The number of nitrogens with two attached hydrogens (primary N) is 1. The van der Waals surface area contributed by atoms with E-state index in [1.807, 2.05) is 10.6 Å². The van der Waals surface area contributed by atoms with Gasteiger partial charge in [-0.15, -0.1) is 10.2 Å². The van der Waals surface area contributed by atoms with Crippen LogP contribution in [0.15, 0.2) is 18.3 Å². The molecule has 0 atom stereocenters. The van der Waals surface area contributed by atoms with E-state index >= 15 is 0 Å². The largest absolute Gasteiger partial charge is 0.399 e. The van der Waals surface area contributed by atoms with Crippen LogP contribution in [0.3, 0.4) is 0 Å². The van der Waals surface area contributed by atoms with E-state index < -0.39 is 0 Å². The fourth-order valence-electron chi connectivity index (χ4n) is 1.18. The average molecular weight is 178 g/mol. The van der Waals surface area contributed by atoms with Crippen molar-refractivity contribution in [2.75, 3.05) is 12.8 Å². The van der Waals surface area contributed by atoms with Gasteiger partial charge in [0.2, 0.25) is 0 Å². The van der Waals surface area contributed by atoms with E-state index in [1.54, 1.807) is 19.2 Å². The molecule has 0 aliphatic heterocycles. The quantitative estimate of drug-likeness (QED) is 0.725. The van der Waals surface area contributed by atoms with Gasteiger partial charge < -0.3 is 10.5 Å². The summed E-state index contributed by atoms with van der Waals surface area (Å²) >= 11 is 0. The Balaban J connectivity index is 2.55. The zero-order chi connectivity index (χ0) is 9.26. The summed E-state index contributed by atoms with van der Waals surface area (Å²) < 4.78 is 6.82. The molecule has 0 radical (unpaired) electrons. The Hall–Kier alpha value is -1.62. The van der Waals surface area contributed by atoms with Crippen LogP contribution in [0, 0.1) is 0 Å². The van der Waals surface area contributed by atoms with Crippen molar-refractivity contribution in [2.45, 2.75) is 6.61 Å². The molecule has 0 bridgehead atoms. The monoisotopic (exact) mass is 178 g/mol. The standard InChI is InChI=1S/C8H10N4O/c1-13-5-8-11-10-7-4-6(9)2-3-12(7)8/h2-4H,5,9H2,1H3. The summed E-state index contributed by atoms with van der Waals surface area (Å²) in [6.45, 7) is 0.449. The van der Waals surface area contributed by atoms with Crippen LogP contribution in [0.2, 0.25) is 0 Å². The van der Waals surface area contributed by atoms with Gasteiger partial charge in [-0.1, -0.05) is 0 Å². The van der Waals surface area contributed by atoms with Gasteiger partial charge in [-0.3, -0.25) is 4.40 Å². The summed E-state index contributed by atoms with van der Waals surface area (Å²) in [7, 11) is 1.62. The summed E-state index contributed by atoms with van der Waals surface area (Å²) in [6, 6.07) is 3.57. The number of nitrogen functional groups attached to an aromatic ring is 1. The molecular formula is C8H10N4O. The number of nitrogens with zero attached hydrogens (tertiary/aromatic N) is 3. The summed E-state index contributed by atoms with van der Waals surface area (Å²) in [4.78, 5) is 0. The molecule has 0 spiro atoms. The first-order valence-corrected chi connectivity index (χ1v) is 3.89. The average Bonchev–Trinajstić information content (AvgIpc) is 2.49. The second-order valence-corrected chi connectivity index (χ2v) is 2.74. The van der Waals surface area contributed by atoms with E-state index in [0.29, 0.717) is 12.3 Å². The summed E-state index contributed by atoms with van der Waals surface area (Å²) in [6.07, 6.45) is 1.83. The van der Waals surface area contributed by atoms with Gasteiger partial charge >= 0.3 is 0 Å². The minimum absolute atomic E-state index is 0.449. The molecule has 2 aromatic heterocycles. The highest BCUT2D eigenvalue weighted by molar-refractivity contribution is 5.51. The molecule has 0 aliphatic carbocycles. The lowest BCUT2D eigenvalue weighted by Crippen LogP contribution is -1.96. The number of aromatic nitrogens is 3. The fraction of sp³-hybridized carbons (Fsp3) is 0.250. The van der Waals surface area contributed by atoms with Gasteiger partial charge in [0.15, 0.2) is 11.5 Å². The van der Waals surface area contributed by atoms with Crippen molar-refractivity contribution >= 4 is 11.3 Å². The van der Waals surface area contributed by atoms with E-state index in [-0.39, 0.29) is 0 Å². The van der Waals surface area contributed by atoms with Crippen molar-refractivity contribution in [1.29, 1.82) is 0 Å². The number of methoxy groups -OCH3 is 1. The molecule has 0 fully saturated rings. The number of hydrogen-bond acceptors (Lipinski definition) is 4. The number of ether oxygens (including phenoxy) is 1. The smallest absolute Gasteiger partial charge is 0.163 e. The molecule has 2 heterocycles. The first-order chi connectivity index (χ1) is 6.31. The van der Waals surface area contributed by atoms with Crippen LogP contribution in [-0.4, -0.2) is 21.7 Å². The Morgan fingerprint density at radius 3 is 3.15 bits per heavy atom. The van der Waals surface area contributed by atoms with Crippen molar-refractivity contribution in [3.8, 4) is 0 Å². The van der Waals surface area contributed by atoms with Gasteiger partial charge in [0, 0.05) is 25.1 Å². The van der Waals surface area contributed by atoms with Crippen LogP contribution < -0.4 is 5.73 Å². The minimum atomic E-state index is 0.449. The Bertz CT molecular complexity index is 423. The maximum absolute atomic E-state index is 5.59. The first kappa shape index (κ1) is 8.00. The number of rotatable bonds is 2. The topological polar surface area (TPSA) is 65.4 Å². The molecule has 2 rings (SSSR count). The number of pyridine rings is 1. The van der Waals surface area contributed by atoms with Crippen molar-refractivity contribution in [1.82, 2.24) is 14.6 Å². The van der Waals surface area contributed by atoms with E-state index in [1.165, 1.54) is 0 Å². The first-order valence-electron chi connectivity index (χ1n) is 3.89. The lowest BCUT2D eigenvalue weighted by atomic mass is 10.4. The molecule has 0 amide bonds. The number of fused-ring (bicyclic) bond motifs is 1. The van der Waals surface area contributed by atoms with E-state index in [4.69, 9.17) is 10.5 Å². The van der Waals surface area contributed by atoms with Gasteiger partial charge in [0.1, 0.15) is 6.61 Å². The van der Waals surface area contributed by atoms with E-state index in [9.17, 15) is 0 Å². The lowest BCUT2D eigenvalue weighted by Gasteiger charge is -1.98. The molecule has 2 aromatic rings. The number of anilines is 1. The number of hydrogen-bond donors (Lipinski definition) is 1. The second kappa shape index (κ2) is 3.02. The molecule has 5 heteroatoms. The minimum Gasteiger partial charge on any atom is -0.399 e. The maximum Gasteiger partial charge on any atom is 0.163 e. The van der Waals surface area contributed by atoms with Crippen molar-refractivity contribution in [3.05, 3.63) is 24.2 Å². The molecule has 0 aliphatic rings. The van der Waals surface area contributed by atoms with Gasteiger partial charge in [-0.2, -0.15) is 0 Å². The zero-order valence-corrected chi connectivity index (χ0v) is 7.27. The predicted octanol–water partition coefficient (Wildman–Crippen LogP) is 0.458. The molecule has 2 N–H and O–H groups in total. The predicted molar refractivity (Wildman–Crippen MR) is 48.1 cm³/mol. The third-order valence-corrected chi connectivity index (χ3v) is 1.78. The molecule has 68 valence electrons. The van der Waals surface area contributed by atoms with Gasteiger partial charge in [-0.25, -0.2) is 0 Å². The molecular weight excluding hydrogens is 168 g/mol. The van der Waals surface area contributed by atoms with Crippen LogP contribution in [-0.2, 0) is 11.3 Å². The van der Waals surface area contributed by atoms with Crippen molar-refractivity contribution in [3.63, 3.8) is 0 Å². The Morgan fingerprint density at radius 2 is 2.38 bits per heavy atom. The normalized spacial score (nSPS) is 10.8. The third-order valence-electron chi connectivity index (χ3n) is 1.78. The van der Waals surface area contributed by atoms with Crippen LogP contribution in [0.1, 0.15) is 5.82 Å². The Kier molecular flexibility index (Phi) is 1.86. The fourth-order valence-corrected chi connectivity index (χ4v) is 1.18. The zero-order valence-electron chi connectivity index (χ0n) is 7.27. The van der Waals surface area contributed by atoms with Crippen molar-refractivity contribution < 1.29 is 4.74 Å². The van der Waals surface area contributed by atoms with Gasteiger partial charge in [-0.05, 0) is 6.07 Å². The van der Waals surface area contributed by atoms with Crippen LogP contribution in [0.4, 0.5) is 5.69 Å². The highest BCUT2D eigenvalue weighted by Crippen LogP contribution is 2.08. The Labute approximate surface area is 75.1 Å². The van der Waals surface area contributed by atoms with Gasteiger partial charge in [0.25, 0.3) is 0 Å². The van der Waals surface area contributed by atoms with Crippen LogP contribution in [0.5, 0.6) is 0 Å². The van der Waals surface area contributed by atoms with E-state index in [2.05, 4.69) is 10.2 Å². The molecule has 5 nitrogen and oxygen atoms in total. The molecule has 13 heavy (non-hydrogen) atoms. The molecule has 0 saturated carbocycles. The van der Waals surface area contributed by atoms with Crippen LogP contribution >= 0.6 is 0 Å². The molecule has 0 unspecified atom stereocenters. The SMILES string of the molecule is COCc1nnc2cc(N)ccn12. The summed E-state index contributed by atoms with van der Waals surface area (Å²) in [5.74, 6) is 0.775. The highest BCUT2D eigenvalue weighted by atomic mass is 16.5. The molecule has 0 saturated heterocycles. The lowest BCUT2D eigenvalue weighted by molar-refractivity contribution is 0.177. The highest BCUT2D eigenvalue weighted by Gasteiger charge is 2.03. The third kappa shape index (κ3) is 1.33.